The van der Waals surface area contributed by atoms with Gasteiger partial charge in [-0.1, -0.05) is 47.5 Å². The van der Waals surface area contributed by atoms with E-state index < -0.39 is 0 Å². The smallest absolute Gasteiger partial charge is 0.0487 e. The van der Waals surface area contributed by atoms with Crippen LogP contribution in [0.3, 0.4) is 0 Å². The molecule has 18 heavy (non-hydrogen) atoms. The molecule has 0 spiro atoms. The van der Waals surface area contributed by atoms with E-state index in [0.717, 1.165) is 21.8 Å². The van der Waals surface area contributed by atoms with E-state index in [-0.39, 0.29) is 0 Å². The Morgan fingerprint density at radius 2 is 1.78 bits per heavy atom. The van der Waals surface area contributed by atoms with Crippen LogP contribution in [-0.2, 0) is 6.54 Å². The third kappa shape index (κ3) is 3.25. The van der Waals surface area contributed by atoms with Crippen molar-refractivity contribution >= 4 is 17.3 Å². The van der Waals surface area contributed by atoms with Crippen LogP contribution >= 0.6 is 11.6 Å². The third-order valence-electron chi connectivity index (χ3n) is 2.76. The number of aryl methyl sites for hydroxylation is 2. The number of benzene rings is 2. The van der Waals surface area contributed by atoms with E-state index in [1.165, 1.54) is 5.56 Å². The number of anilines is 1. The molecule has 0 aromatic heterocycles. The molecule has 0 amide bonds. The number of rotatable bonds is 4. The molecule has 2 aromatic rings. The van der Waals surface area contributed by atoms with Gasteiger partial charge < -0.3 is 5.43 Å². The average molecular weight is 261 g/mol. The van der Waals surface area contributed by atoms with Gasteiger partial charge in [0.1, 0.15) is 0 Å². The zero-order valence-electron chi connectivity index (χ0n) is 10.6. The maximum absolute atomic E-state index is 6.28. The highest BCUT2D eigenvalue weighted by Crippen LogP contribution is 2.22. The van der Waals surface area contributed by atoms with Crippen molar-refractivity contribution < 1.29 is 0 Å². The minimum absolute atomic E-state index is 0.691. The second-order valence-corrected chi connectivity index (χ2v) is 4.78. The molecule has 0 heterocycles. The van der Waals surface area contributed by atoms with Crippen molar-refractivity contribution in [3.63, 3.8) is 0 Å². The summed E-state index contributed by atoms with van der Waals surface area (Å²) in [5, 5.41) is 0.836. The number of hydrazine groups is 1. The van der Waals surface area contributed by atoms with Crippen molar-refractivity contribution in [3.05, 3.63) is 64.2 Å². The molecular formula is C15H17ClN2. The molecule has 0 atom stereocenters. The van der Waals surface area contributed by atoms with Gasteiger partial charge in [-0.15, -0.1) is 0 Å². The van der Waals surface area contributed by atoms with Gasteiger partial charge in [-0.25, -0.2) is 5.43 Å². The molecular weight excluding hydrogens is 244 g/mol. The Balaban J connectivity index is 1.99. The molecule has 0 aliphatic heterocycles. The Labute approximate surface area is 113 Å². The Bertz CT molecular complexity index is 524. The summed E-state index contributed by atoms with van der Waals surface area (Å²) in [6, 6.07) is 14.2. The first kappa shape index (κ1) is 12.9. The third-order valence-corrected chi connectivity index (χ3v) is 3.30. The van der Waals surface area contributed by atoms with Crippen molar-refractivity contribution in [3.8, 4) is 0 Å². The van der Waals surface area contributed by atoms with Crippen LogP contribution < -0.4 is 10.9 Å². The lowest BCUT2D eigenvalue weighted by Crippen LogP contribution is -2.21. The molecule has 0 bridgehead atoms. The summed E-state index contributed by atoms with van der Waals surface area (Å²) >= 11 is 6.28. The maximum Gasteiger partial charge on any atom is 0.0487 e. The Morgan fingerprint density at radius 3 is 2.50 bits per heavy atom. The molecule has 0 unspecified atom stereocenters. The molecule has 0 radical (unpaired) electrons. The molecule has 0 saturated heterocycles. The first-order valence-corrected chi connectivity index (χ1v) is 6.34. The highest BCUT2D eigenvalue weighted by molar-refractivity contribution is 6.32. The Hall–Kier alpha value is -1.51. The first-order valence-electron chi connectivity index (χ1n) is 5.96. The SMILES string of the molecule is Cc1cc(C)c(Cl)c(CNNc2ccccc2)c1. The molecule has 2 nitrogen and oxygen atoms in total. The van der Waals surface area contributed by atoms with E-state index >= 15 is 0 Å². The van der Waals surface area contributed by atoms with E-state index in [0.29, 0.717) is 6.54 Å². The topological polar surface area (TPSA) is 24.1 Å². The molecule has 0 aliphatic rings. The van der Waals surface area contributed by atoms with Gasteiger partial charge >= 0.3 is 0 Å². The van der Waals surface area contributed by atoms with Crippen LogP contribution in [0.2, 0.25) is 5.02 Å². The lowest BCUT2D eigenvalue weighted by Gasteiger charge is -2.11. The van der Waals surface area contributed by atoms with E-state index in [9.17, 15) is 0 Å². The number of para-hydroxylation sites is 1. The summed E-state index contributed by atoms with van der Waals surface area (Å²) in [5.74, 6) is 0. The molecule has 2 N–H and O–H groups in total. The normalized spacial score (nSPS) is 10.4. The van der Waals surface area contributed by atoms with E-state index in [1.807, 2.05) is 37.3 Å². The van der Waals surface area contributed by atoms with Gasteiger partial charge in [0.25, 0.3) is 0 Å². The van der Waals surface area contributed by atoms with Gasteiger partial charge in [-0.2, -0.15) is 0 Å². The maximum atomic E-state index is 6.28. The van der Waals surface area contributed by atoms with Crippen LogP contribution in [0.1, 0.15) is 16.7 Å². The van der Waals surface area contributed by atoms with Gasteiger partial charge in [0.15, 0.2) is 0 Å². The zero-order chi connectivity index (χ0) is 13.0. The largest absolute Gasteiger partial charge is 0.321 e. The van der Waals surface area contributed by atoms with Crippen LogP contribution in [0.5, 0.6) is 0 Å². The quantitative estimate of drug-likeness (QED) is 0.810. The summed E-state index contributed by atoms with van der Waals surface area (Å²) in [5.41, 5.74) is 10.8. The highest BCUT2D eigenvalue weighted by Gasteiger charge is 2.04. The van der Waals surface area contributed by atoms with Crippen LogP contribution in [0.15, 0.2) is 42.5 Å². The summed E-state index contributed by atoms with van der Waals surface area (Å²) in [6.07, 6.45) is 0. The summed E-state index contributed by atoms with van der Waals surface area (Å²) in [6.45, 7) is 4.80. The molecule has 0 fully saturated rings. The average Bonchev–Trinajstić information content (AvgIpc) is 2.36. The number of hydrogen-bond donors (Lipinski definition) is 2. The summed E-state index contributed by atoms with van der Waals surface area (Å²) in [4.78, 5) is 0. The fraction of sp³-hybridized carbons (Fsp3) is 0.200. The van der Waals surface area contributed by atoms with Crippen molar-refractivity contribution in [2.45, 2.75) is 20.4 Å². The van der Waals surface area contributed by atoms with Crippen molar-refractivity contribution in [1.82, 2.24) is 5.43 Å². The fourth-order valence-corrected chi connectivity index (χ4v) is 2.11. The van der Waals surface area contributed by atoms with Gasteiger partial charge in [0, 0.05) is 17.3 Å². The number of halogens is 1. The minimum Gasteiger partial charge on any atom is -0.321 e. The standard InChI is InChI=1S/C15H17ClN2/c1-11-8-12(2)15(16)13(9-11)10-17-18-14-6-4-3-5-7-14/h3-9,17-18H,10H2,1-2H3. The predicted molar refractivity (Wildman–Crippen MR) is 77.8 cm³/mol. The summed E-state index contributed by atoms with van der Waals surface area (Å²) < 4.78 is 0. The van der Waals surface area contributed by atoms with Crippen molar-refractivity contribution in [2.24, 2.45) is 0 Å². The second kappa shape index (κ2) is 5.89. The van der Waals surface area contributed by atoms with Gasteiger partial charge in [0.2, 0.25) is 0 Å². The molecule has 0 saturated carbocycles. The fourth-order valence-electron chi connectivity index (χ4n) is 1.93. The number of nitrogens with one attached hydrogen (secondary N) is 2. The van der Waals surface area contributed by atoms with Crippen molar-refractivity contribution in [1.29, 1.82) is 0 Å². The predicted octanol–water partition coefficient (Wildman–Crippen LogP) is 4.07. The summed E-state index contributed by atoms with van der Waals surface area (Å²) in [7, 11) is 0. The van der Waals surface area contributed by atoms with E-state index in [1.54, 1.807) is 0 Å². The molecule has 94 valence electrons. The lowest BCUT2D eigenvalue weighted by atomic mass is 10.1. The molecule has 0 aliphatic carbocycles. The van der Waals surface area contributed by atoms with Gasteiger partial charge in [0.05, 0.1) is 0 Å². The first-order chi connectivity index (χ1) is 8.66. The van der Waals surface area contributed by atoms with Gasteiger partial charge in [-0.05, 0) is 37.1 Å². The minimum atomic E-state index is 0.691. The van der Waals surface area contributed by atoms with Crippen LogP contribution in [-0.4, -0.2) is 0 Å². The Morgan fingerprint density at radius 1 is 1.06 bits per heavy atom. The monoisotopic (exact) mass is 260 g/mol. The van der Waals surface area contributed by atoms with Crippen LogP contribution in [0.4, 0.5) is 5.69 Å². The molecule has 3 heteroatoms. The molecule has 2 rings (SSSR count). The van der Waals surface area contributed by atoms with Gasteiger partial charge in [-0.3, -0.25) is 0 Å². The van der Waals surface area contributed by atoms with E-state index in [4.69, 9.17) is 11.6 Å². The number of hydrogen-bond acceptors (Lipinski definition) is 2. The van der Waals surface area contributed by atoms with Crippen LogP contribution in [0, 0.1) is 13.8 Å². The molecule has 2 aromatic carbocycles. The second-order valence-electron chi connectivity index (χ2n) is 4.40. The lowest BCUT2D eigenvalue weighted by molar-refractivity contribution is 0.800. The Kier molecular flexibility index (Phi) is 4.24. The zero-order valence-corrected chi connectivity index (χ0v) is 11.4. The van der Waals surface area contributed by atoms with Crippen LogP contribution in [0.25, 0.3) is 0 Å². The van der Waals surface area contributed by atoms with Crippen molar-refractivity contribution in [2.75, 3.05) is 5.43 Å². The van der Waals surface area contributed by atoms with E-state index in [2.05, 4.69) is 29.9 Å². The highest BCUT2D eigenvalue weighted by atomic mass is 35.5.